The third-order valence-corrected chi connectivity index (χ3v) is 14.6. The summed E-state index contributed by atoms with van der Waals surface area (Å²) in [6, 6.07) is 0. The third-order valence-electron chi connectivity index (χ3n) is 14.6. The quantitative estimate of drug-likeness (QED) is 0.0261. The van der Waals surface area contributed by atoms with Gasteiger partial charge in [0.15, 0.2) is 6.10 Å². The molecule has 0 aromatic carbocycles. The molecule has 0 rings (SSSR count). The maximum absolute atomic E-state index is 12.9. The molecule has 79 heavy (non-hydrogen) atoms. The Morgan fingerprint density at radius 1 is 0.266 bits per heavy atom. The van der Waals surface area contributed by atoms with Gasteiger partial charge in [0.2, 0.25) is 0 Å². The highest BCUT2D eigenvalue weighted by molar-refractivity contribution is 5.71. The van der Waals surface area contributed by atoms with Crippen LogP contribution in [0.1, 0.15) is 329 Å². The number of hydrogen-bond acceptors (Lipinski definition) is 6. The summed E-state index contributed by atoms with van der Waals surface area (Å²) >= 11 is 0. The van der Waals surface area contributed by atoms with Crippen LogP contribution in [0.4, 0.5) is 0 Å². The number of carbonyl (C=O) groups is 3. The van der Waals surface area contributed by atoms with E-state index in [0.717, 1.165) is 116 Å². The molecule has 454 valence electrons. The number of carbonyl (C=O) groups excluding carboxylic acids is 3. The van der Waals surface area contributed by atoms with Gasteiger partial charge in [0.1, 0.15) is 13.2 Å². The highest BCUT2D eigenvalue weighted by Gasteiger charge is 2.19. The molecule has 0 bridgehead atoms. The molecule has 0 saturated heterocycles. The number of unbranched alkanes of at least 4 members (excludes halogenated alkanes) is 34. The van der Waals surface area contributed by atoms with E-state index in [1.807, 2.05) is 0 Å². The molecule has 0 radical (unpaired) electrons. The van der Waals surface area contributed by atoms with Crippen LogP contribution in [0.2, 0.25) is 0 Å². The van der Waals surface area contributed by atoms with E-state index in [0.29, 0.717) is 19.3 Å². The topological polar surface area (TPSA) is 78.9 Å². The van der Waals surface area contributed by atoms with Gasteiger partial charge in [-0.1, -0.05) is 304 Å². The van der Waals surface area contributed by atoms with Crippen molar-refractivity contribution in [1.29, 1.82) is 0 Å². The summed E-state index contributed by atoms with van der Waals surface area (Å²) < 4.78 is 16.9. The largest absolute Gasteiger partial charge is 0.462 e. The van der Waals surface area contributed by atoms with Gasteiger partial charge in [-0.25, -0.2) is 0 Å². The standard InChI is InChI=1S/C73H126O6/c1-4-7-10-13-16-19-22-25-28-30-32-34-35-36-37-39-40-42-45-48-51-54-57-60-63-66-72(75)78-69-70(68-77-71(74)65-62-59-56-53-50-47-44-27-24-21-18-15-12-9-6-3)79-73(76)67-64-61-58-55-52-49-46-43-41-38-33-31-29-26-23-20-17-14-11-8-5-2/h8,11,17-18,20-21,26-27,29,33,38,43-44,46,52,55,70H,4-7,9-10,12-16,19,22-25,28,30-32,34-37,39-42,45,47-51,53-54,56-69H2,1-3H3/b11-8-,20-17-,21-18-,29-26-,38-33-,44-27-,46-43-,55-52-. The van der Waals surface area contributed by atoms with E-state index in [1.54, 1.807) is 0 Å². The Balaban J connectivity index is 4.38. The molecule has 0 aliphatic rings. The van der Waals surface area contributed by atoms with Crippen LogP contribution in [0.5, 0.6) is 0 Å². The van der Waals surface area contributed by atoms with Gasteiger partial charge in [-0.05, 0) is 103 Å². The first kappa shape index (κ1) is 75.3. The van der Waals surface area contributed by atoms with Gasteiger partial charge in [-0.15, -0.1) is 0 Å². The molecule has 1 atom stereocenters. The van der Waals surface area contributed by atoms with Crippen molar-refractivity contribution in [2.45, 2.75) is 335 Å². The Bertz CT molecular complexity index is 1540. The molecular weight excluding hydrogens is 973 g/mol. The Labute approximate surface area is 489 Å². The van der Waals surface area contributed by atoms with Crippen LogP contribution in [0.15, 0.2) is 97.2 Å². The number of esters is 3. The molecule has 0 spiro atoms. The lowest BCUT2D eigenvalue weighted by molar-refractivity contribution is -0.167. The van der Waals surface area contributed by atoms with Gasteiger partial charge in [0.05, 0.1) is 0 Å². The minimum absolute atomic E-state index is 0.0977. The summed E-state index contributed by atoms with van der Waals surface area (Å²) in [7, 11) is 0. The second-order valence-corrected chi connectivity index (χ2v) is 22.4. The average Bonchev–Trinajstić information content (AvgIpc) is 3.45. The van der Waals surface area contributed by atoms with Gasteiger partial charge >= 0.3 is 17.9 Å². The predicted octanol–water partition coefficient (Wildman–Crippen LogP) is 23.2. The van der Waals surface area contributed by atoms with Gasteiger partial charge in [-0.2, -0.15) is 0 Å². The van der Waals surface area contributed by atoms with Gasteiger partial charge in [0, 0.05) is 19.3 Å². The number of hydrogen-bond donors (Lipinski definition) is 0. The van der Waals surface area contributed by atoms with E-state index in [9.17, 15) is 14.4 Å². The lowest BCUT2D eigenvalue weighted by atomic mass is 10.0. The zero-order valence-corrected chi connectivity index (χ0v) is 52.1. The molecule has 0 N–H and O–H groups in total. The Kier molecular flexibility index (Phi) is 63.7. The van der Waals surface area contributed by atoms with Crippen molar-refractivity contribution < 1.29 is 28.6 Å². The second kappa shape index (κ2) is 66.8. The molecule has 0 aliphatic heterocycles. The van der Waals surface area contributed by atoms with Crippen molar-refractivity contribution in [2.75, 3.05) is 13.2 Å². The van der Waals surface area contributed by atoms with Gasteiger partial charge in [0.25, 0.3) is 0 Å². The van der Waals surface area contributed by atoms with Crippen LogP contribution in [0, 0.1) is 0 Å². The van der Waals surface area contributed by atoms with Crippen molar-refractivity contribution in [2.24, 2.45) is 0 Å². The highest BCUT2D eigenvalue weighted by atomic mass is 16.6. The van der Waals surface area contributed by atoms with Gasteiger partial charge < -0.3 is 14.2 Å². The zero-order chi connectivity index (χ0) is 57.1. The summed E-state index contributed by atoms with van der Waals surface area (Å²) in [6.45, 7) is 6.49. The molecule has 0 aromatic heterocycles. The molecule has 0 amide bonds. The van der Waals surface area contributed by atoms with Crippen molar-refractivity contribution in [3.63, 3.8) is 0 Å². The first-order chi connectivity index (χ1) is 39.0. The van der Waals surface area contributed by atoms with Crippen LogP contribution in [0.3, 0.4) is 0 Å². The molecule has 0 fully saturated rings. The first-order valence-corrected chi connectivity index (χ1v) is 33.7. The molecule has 0 saturated carbocycles. The molecule has 0 aliphatic carbocycles. The van der Waals surface area contributed by atoms with Crippen molar-refractivity contribution in [3.8, 4) is 0 Å². The summed E-state index contributed by atoms with van der Waals surface area (Å²) in [5.74, 6) is -0.943. The van der Waals surface area contributed by atoms with E-state index in [2.05, 4.69) is 118 Å². The number of ether oxygens (including phenoxy) is 3. The Morgan fingerprint density at radius 3 is 0.823 bits per heavy atom. The SMILES string of the molecule is CC/C=C\C/C=C\C/C=C\C/C=C\C/C=C\C/C=C\CCCCC(=O)OC(COC(=O)CCCCCCC/C=C\C/C=C\CCCCC)COC(=O)CCCCCCCCCCCCCCCCCCCCCCCCCCC. The zero-order valence-electron chi connectivity index (χ0n) is 52.1. The summed E-state index contributed by atoms with van der Waals surface area (Å²) in [4.78, 5) is 38.4. The molecule has 0 aromatic rings. The smallest absolute Gasteiger partial charge is 0.306 e. The van der Waals surface area contributed by atoms with Crippen molar-refractivity contribution >= 4 is 17.9 Å². The summed E-state index contributed by atoms with van der Waals surface area (Å²) in [6.07, 6.45) is 90.0. The fourth-order valence-electron chi connectivity index (χ4n) is 9.54. The van der Waals surface area contributed by atoms with Crippen LogP contribution in [-0.2, 0) is 28.6 Å². The highest BCUT2D eigenvalue weighted by Crippen LogP contribution is 2.17. The van der Waals surface area contributed by atoms with Crippen LogP contribution in [0.25, 0.3) is 0 Å². The van der Waals surface area contributed by atoms with E-state index in [4.69, 9.17) is 14.2 Å². The Morgan fingerprint density at radius 2 is 0.494 bits per heavy atom. The fraction of sp³-hybridized carbons (Fsp3) is 0.740. The minimum atomic E-state index is -0.808. The van der Waals surface area contributed by atoms with Gasteiger partial charge in [-0.3, -0.25) is 14.4 Å². The maximum atomic E-state index is 12.9. The minimum Gasteiger partial charge on any atom is -0.462 e. The molecular formula is C73H126O6. The Hall–Kier alpha value is -3.67. The average molecular weight is 1100 g/mol. The fourth-order valence-corrected chi connectivity index (χ4v) is 9.54. The van der Waals surface area contributed by atoms with Crippen LogP contribution in [-0.4, -0.2) is 37.2 Å². The van der Waals surface area contributed by atoms with E-state index in [1.165, 1.54) is 167 Å². The molecule has 0 heterocycles. The third kappa shape index (κ3) is 65.0. The lowest BCUT2D eigenvalue weighted by Crippen LogP contribution is -2.30. The van der Waals surface area contributed by atoms with Crippen molar-refractivity contribution in [3.05, 3.63) is 97.2 Å². The van der Waals surface area contributed by atoms with Crippen molar-refractivity contribution in [1.82, 2.24) is 0 Å². The number of rotatable bonds is 61. The predicted molar refractivity (Wildman–Crippen MR) is 344 cm³/mol. The molecule has 6 nitrogen and oxygen atoms in total. The maximum Gasteiger partial charge on any atom is 0.306 e. The van der Waals surface area contributed by atoms with Crippen LogP contribution >= 0.6 is 0 Å². The van der Waals surface area contributed by atoms with Crippen LogP contribution < -0.4 is 0 Å². The second-order valence-electron chi connectivity index (χ2n) is 22.4. The van der Waals surface area contributed by atoms with E-state index in [-0.39, 0.29) is 37.5 Å². The molecule has 6 heteroatoms. The summed E-state index contributed by atoms with van der Waals surface area (Å²) in [5, 5.41) is 0. The van der Waals surface area contributed by atoms with E-state index >= 15 is 0 Å². The molecule has 1 unspecified atom stereocenters. The first-order valence-electron chi connectivity index (χ1n) is 33.7. The lowest BCUT2D eigenvalue weighted by Gasteiger charge is -2.18. The number of allylic oxidation sites excluding steroid dienone is 16. The monoisotopic (exact) mass is 1100 g/mol. The summed E-state index contributed by atoms with van der Waals surface area (Å²) in [5.41, 5.74) is 0. The van der Waals surface area contributed by atoms with E-state index < -0.39 is 6.10 Å². The normalized spacial score (nSPS) is 12.7.